The van der Waals surface area contributed by atoms with Crippen molar-refractivity contribution in [2.75, 3.05) is 11.4 Å². The van der Waals surface area contributed by atoms with Crippen molar-refractivity contribution >= 4 is 11.7 Å². The van der Waals surface area contributed by atoms with Crippen molar-refractivity contribution in [1.29, 1.82) is 0 Å². The average molecular weight is 205 g/mol. The van der Waals surface area contributed by atoms with Gasteiger partial charge in [-0.2, -0.15) is 0 Å². The summed E-state index contributed by atoms with van der Waals surface area (Å²) < 4.78 is 0. The smallest absolute Gasteiger partial charge is 0.308 e. The van der Waals surface area contributed by atoms with E-state index in [9.17, 15) is 4.79 Å². The van der Waals surface area contributed by atoms with E-state index in [0.29, 0.717) is 0 Å². The van der Waals surface area contributed by atoms with E-state index in [1.54, 1.807) is 0 Å². The van der Waals surface area contributed by atoms with Crippen LogP contribution in [0.25, 0.3) is 0 Å². The number of hydrogen-bond donors (Lipinski definition) is 1. The SMILES string of the molecule is CCN(c1ccccc1)C1CC1C(=O)O. The second-order valence-corrected chi connectivity index (χ2v) is 3.87. The third-order valence-corrected chi connectivity index (χ3v) is 2.90. The van der Waals surface area contributed by atoms with Crippen molar-refractivity contribution in [2.24, 2.45) is 5.92 Å². The highest BCUT2D eigenvalue weighted by Crippen LogP contribution is 2.38. The molecule has 0 radical (unpaired) electrons. The van der Waals surface area contributed by atoms with Crippen molar-refractivity contribution in [1.82, 2.24) is 0 Å². The van der Waals surface area contributed by atoms with Crippen LogP contribution in [0.5, 0.6) is 0 Å². The highest BCUT2D eigenvalue weighted by Gasteiger charge is 2.46. The van der Waals surface area contributed by atoms with Gasteiger partial charge in [0.2, 0.25) is 0 Å². The summed E-state index contributed by atoms with van der Waals surface area (Å²) in [4.78, 5) is 13.0. The fourth-order valence-electron chi connectivity index (χ4n) is 2.02. The topological polar surface area (TPSA) is 40.5 Å². The van der Waals surface area contributed by atoms with Gasteiger partial charge in [0.25, 0.3) is 0 Å². The van der Waals surface area contributed by atoms with Gasteiger partial charge in [-0.3, -0.25) is 4.79 Å². The van der Waals surface area contributed by atoms with Crippen molar-refractivity contribution in [3.63, 3.8) is 0 Å². The van der Waals surface area contributed by atoms with Gasteiger partial charge in [-0.15, -0.1) is 0 Å². The highest BCUT2D eigenvalue weighted by molar-refractivity contribution is 5.76. The van der Waals surface area contributed by atoms with E-state index in [-0.39, 0.29) is 12.0 Å². The molecule has 15 heavy (non-hydrogen) atoms. The Kier molecular flexibility index (Phi) is 2.62. The number of aliphatic carboxylic acids is 1. The van der Waals surface area contributed by atoms with Gasteiger partial charge >= 0.3 is 5.97 Å². The molecule has 1 aromatic rings. The lowest BCUT2D eigenvalue weighted by molar-refractivity contribution is -0.138. The molecule has 2 atom stereocenters. The lowest BCUT2D eigenvalue weighted by Crippen LogP contribution is -2.27. The van der Waals surface area contributed by atoms with Gasteiger partial charge in [0.15, 0.2) is 0 Å². The normalized spacial score (nSPS) is 23.5. The molecular formula is C12H15NO2. The van der Waals surface area contributed by atoms with Crippen LogP contribution in [0.4, 0.5) is 5.69 Å². The molecule has 80 valence electrons. The number of para-hydroxylation sites is 1. The Labute approximate surface area is 89.3 Å². The van der Waals surface area contributed by atoms with Gasteiger partial charge < -0.3 is 10.0 Å². The highest BCUT2D eigenvalue weighted by atomic mass is 16.4. The fraction of sp³-hybridized carbons (Fsp3) is 0.417. The van der Waals surface area contributed by atoms with Crippen molar-refractivity contribution in [3.05, 3.63) is 30.3 Å². The molecule has 1 saturated carbocycles. The molecule has 1 aromatic carbocycles. The van der Waals surface area contributed by atoms with Gasteiger partial charge in [0.1, 0.15) is 0 Å². The quantitative estimate of drug-likeness (QED) is 0.817. The van der Waals surface area contributed by atoms with E-state index in [4.69, 9.17) is 5.11 Å². The number of hydrogen-bond acceptors (Lipinski definition) is 2. The molecule has 0 aromatic heterocycles. The van der Waals surface area contributed by atoms with Gasteiger partial charge in [-0.1, -0.05) is 18.2 Å². The van der Waals surface area contributed by atoms with E-state index in [0.717, 1.165) is 18.7 Å². The number of carboxylic acid groups (broad SMARTS) is 1. The minimum absolute atomic E-state index is 0.176. The molecule has 1 fully saturated rings. The molecule has 2 unspecified atom stereocenters. The van der Waals surface area contributed by atoms with E-state index >= 15 is 0 Å². The standard InChI is InChI=1S/C12H15NO2/c1-2-13(9-6-4-3-5-7-9)11-8-10(11)12(14)15/h3-7,10-11H,2,8H2,1H3,(H,14,15). The number of carbonyl (C=O) groups is 1. The van der Waals surface area contributed by atoms with Gasteiger partial charge in [-0.25, -0.2) is 0 Å². The number of benzene rings is 1. The summed E-state index contributed by atoms with van der Waals surface area (Å²) in [5, 5.41) is 8.89. The summed E-state index contributed by atoms with van der Waals surface area (Å²) in [5.74, 6) is -0.848. The summed E-state index contributed by atoms with van der Waals surface area (Å²) in [5.41, 5.74) is 1.12. The summed E-state index contributed by atoms with van der Waals surface area (Å²) in [6, 6.07) is 10.2. The van der Waals surface area contributed by atoms with Gasteiger partial charge in [0.05, 0.1) is 5.92 Å². The van der Waals surface area contributed by atoms with E-state index < -0.39 is 5.97 Å². The molecule has 0 spiro atoms. The van der Waals surface area contributed by atoms with E-state index in [1.807, 2.05) is 30.3 Å². The summed E-state index contributed by atoms with van der Waals surface area (Å²) in [6.45, 7) is 2.92. The first-order valence-corrected chi connectivity index (χ1v) is 5.28. The van der Waals surface area contributed by atoms with Crippen LogP contribution in [0.15, 0.2) is 30.3 Å². The zero-order valence-electron chi connectivity index (χ0n) is 8.76. The van der Waals surface area contributed by atoms with Crippen LogP contribution in [0.3, 0.4) is 0 Å². The van der Waals surface area contributed by atoms with E-state index in [2.05, 4.69) is 11.8 Å². The van der Waals surface area contributed by atoms with Crippen LogP contribution in [0.2, 0.25) is 0 Å². The van der Waals surface area contributed by atoms with Crippen LogP contribution in [-0.2, 0) is 4.79 Å². The van der Waals surface area contributed by atoms with Crippen LogP contribution in [0, 0.1) is 5.92 Å². The first-order chi connectivity index (χ1) is 7.24. The molecule has 0 heterocycles. The molecule has 0 bridgehead atoms. The molecular weight excluding hydrogens is 190 g/mol. The second-order valence-electron chi connectivity index (χ2n) is 3.87. The Morgan fingerprint density at radius 3 is 2.60 bits per heavy atom. The first kappa shape index (κ1) is 10.0. The largest absolute Gasteiger partial charge is 0.481 e. The fourth-order valence-corrected chi connectivity index (χ4v) is 2.02. The minimum atomic E-state index is -0.672. The Morgan fingerprint density at radius 2 is 2.13 bits per heavy atom. The lowest BCUT2D eigenvalue weighted by atomic mass is 10.2. The van der Waals surface area contributed by atoms with Crippen LogP contribution < -0.4 is 4.90 Å². The summed E-state index contributed by atoms with van der Waals surface area (Å²) in [6.07, 6.45) is 0.776. The summed E-state index contributed by atoms with van der Waals surface area (Å²) in [7, 11) is 0. The average Bonchev–Trinajstić information content (AvgIpc) is 3.01. The maximum atomic E-state index is 10.8. The molecule has 0 saturated heterocycles. The monoisotopic (exact) mass is 205 g/mol. The van der Waals surface area contributed by atoms with Gasteiger partial charge in [-0.05, 0) is 25.5 Å². The second kappa shape index (κ2) is 3.93. The maximum absolute atomic E-state index is 10.8. The molecule has 1 aliphatic rings. The molecule has 0 aliphatic heterocycles. The molecule has 2 rings (SSSR count). The third kappa shape index (κ3) is 1.96. The zero-order chi connectivity index (χ0) is 10.8. The zero-order valence-corrected chi connectivity index (χ0v) is 8.76. The number of rotatable bonds is 4. The number of carboxylic acids is 1. The molecule has 3 heteroatoms. The molecule has 3 nitrogen and oxygen atoms in total. The predicted molar refractivity (Wildman–Crippen MR) is 59.0 cm³/mol. The Balaban J connectivity index is 2.10. The Morgan fingerprint density at radius 1 is 1.47 bits per heavy atom. The number of anilines is 1. The van der Waals surface area contributed by atoms with Crippen LogP contribution in [0.1, 0.15) is 13.3 Å². The maximum Gasteiger partial charge on any atom is 0.308 e. The van der Waals surface area contributed by atoms with Crippen LogP contribution in [-0.4, -0.2) is 23.7 Å². The van der Waals surface area contributed by atoms with Crippen molar-refractivity contribution in [3.8, 4) is 0 Å². The minimum Gasteiger partial charge on any atom is -0.481 e. The Hall–Kier alpha value is -1.51. The van der Waals surface area contributed by atoms with Crippen LogP contribution >= 0.6 is 0 Å². The molecule has 1 aliphatic carbocycles. The van der Waals surface area contributed by atoms with E-state index in [1.165, 1.54) is 0 Å². The first-order valence-electron chi connectivity index (χ1n) is 5.28. The van der Waals surface area contributed by atoms with Crippen molar-refractivity contribution in [2.45, 2.75) is 19.4 Å². The number of nitrogens with zero attached hydrogens (tertiary/aromatic N) is 1. The van der Waals surface area contributed by atoms with Crippen molar-refractivity contribution < 1.29 is 9.90 Å². The third-order valence-electron chi connectivity index (χ3n) is 2.90. The summed E-state index contributed by atoms with van der Waals surface area (Å²) >= 11 is 0. The lowest BCUT2D eigenvalue weighted by Gasteiger charge is -2.23. The molecule has 1 N–H and O–H groups in total. The molecule has 0 amide bonds. The van der Waals surface area contributed by atoms with Gasteiger partial charge in [0, 0.05) is 18.3 Å². The predicted octanol–water partition coefficient (Wildman–Crippen LogP) is 1.99. The Bertz CT molecular complexity index is 350.